The van der Waals surface area contributed by atoms with Crippen LogP contribution in [0.3, 0.4) is 0 Å². The van der Waals surface area contributed by atoms with Crippen LogP contribution in [0.25, 0.3) is 0 Å². The second-order valence-electron chi connectivity index (χ2n) is 6.01. The molecular formula is C16H25N3O. The minimum Gasteiger partial charge on any atom is -0.351 e. The van der Waals surface area contributed by atoms with Crippen molar-refractivity contribution in [3.63, 3.8) is 0 Å². The maximum Gasteiger partial charge on any atom is 0.316 e. The van der Waals surface area contributed by atoms with Gasteiger partial charge in [0.15, 0.2) is 0 Å². The molecule has 0 aromatic heterocycles. The van der Waals surface area contributed by atoms with E-state index >= 15 is 0 Å². The minimum absolute atomic E-state index is 0.513. The van der Waals surface area contributed by atoms with Crippen LogP contribution in [-0.4, -0.2) is 29.1 Å². The molecule has 2 unspecified atom stereocenters. The van der Waals surface area contributed by atoms with Crippen LogP contribution < -0.4 is 11.1 Å². The molecule has 3 N–H and O–H groups in total. The highest BCUT2D eigenvalue weighted by Crippen LogP contribution is 2.29. The van der Waals surface area contributed by atoms with Gasteiger partial charge in [0.25, 0.3) is 0 Å². The molecule has 4 heteroatoms. The molecule has 1 aliphatic heterocycles. The lowest BCUT2D eigenvalue weighted by Gasteiger charge is -2.32. The highest BCUT2D eigenvalue weighted by Gasteiger charge is 2.32. The Kier molecular flexibility index (Phi) is 4.65. The molecule has 1 aromatic carbocycles. The van der Waals surface area contributed by atoms with Crippen LogP contribution in [0, 0.1) is 0 Å². The van der Waals surface area contributed by atoms with E-state index in [0.29, 0.717) is 18.1 Å². The largest absolute Gasteiger partial charge is 0.351 e. The number of hydrogen-bond donors (Lipinski definition) is 2. The lowest BCUT2D eigenvalue weighted by molar-refractivity contribution is 0.156. The summed E-state index contributed by atoms with van der Waals surface area (Å²) in [6.45, 7) is 6.84. The molecule has 0 aliphatic carbocycles. The number of nitrogens with two attached hydrogens (primary N) is 1. The van der Waals surface area contributed by atoms with Crippen LogP contribution in [0.5, 0.6) is 0 Å². The predicted molar refractivity (Wildman–Crippen MR) is 82.8 cm³/mol. The summed E-state index contributed by atoms with van der Waals surface area (Å²) in [5, 5.41) is 2.64. The van der Waals surface area contributed by atoms with Gasteiger partial charge < -0.3 is 11.1 Å². The van der Waals surface area contributed by atoms with Gasteiger partial charge in [-0.25, -0.2) is 4.79 Å². The van der Waals surface area contributed by atoms with Crippen LogP contribution in [-0.2, 0) is 6.42 Å². The van der Waals surface area contributed by atoms with Crippen LogP contribution in [0.2, 0.25) is 0 Å². The van der Waals surface area contributed by atoms with Gasteiger partial charge in [0.1, 0.15) is 0 Å². The van der Waals surface area contributed by atoms with Gasteiger partial charge >= 0.3 is 6.03 Å². The molecule has 4 nitrogen and oxygen atoms in total. The van der Waals surface area contributed by atoms with E-state index in [-0.39, 0.29) is 0 Å². The number of nitrogens with zero attached hydrogens (tertiary/aromatic N) is 1. The van der Waals surface area contributed by atoms with E-state index < -0.39 is 6.03 Å². The Balaban J connectivity index is 2.07. The third-order valence-corrected chi connectivity index (χ3v) is 4.11. The molecule has 0 radical (unpaired) electrons. The third kappa shape index (κ3) is 3.51. The SMILES string of the molecule is CC(C)N1C(C)CCC1Cc1cccc(NC(N)=O)c1. The fraction of sp³-hybridized carbons (Fsp3) is 0.562. The number of anilines is 1. The maximum absolute atomic E-state index is 10.9. The second-order valence-corrected chi connectivity index (χ2v) is 6.01. The number of primary amides is 1. The zero-order valence-corrected chi connectivity index (χ0v) is 12.6. The van der Waals surface area contributed by atoms with Crippen molar-refractivity contribution >= 4 is 11.7 Å². The first-order chi connectivity index (χ1) is 9.47. The van der Waals surface area contributed by atoms with E-state index in [1.165, 1.54) is 18.4 Å². The molecule has 1 heterocycles. The lowest BCUT2D eigenvalue weighted by Crippen LogP contribution is -2.41. The quantitative estimate of drug-likeness (QED) is 0.887. The molecule has 1 fully saturated rings. The highest BCUT2D eigenvalue weighted by molar-refractivity contribution is 5.87. The molecular weight excluding hydrogens is 250 g/mol. The Morgan fingerprint density at radius 3 is 2.85 bits per heavy atom. The number of nitrogens with one attached hydrogen (secondary N) is 1. The van der Waals surface area contributed by atoms with Crippen molar-refractivity contribution in [1.82, 2.24) is 4.90 Å². The van der Waals surface area contributed by atoms with Crippen molar-refractivity contribution in [2.75, 3.05) is 5.32 Å². The summed E-state index contributed by atoms with van der Waals surface area (Å²) in [4.78, 5) is 13.5. The van der Waals surface area contributed by atoms with Crippen molar-refractivity contribution < 1.29 is 4.79 Å². The summed E-state index contributed by atoms with van der Waals surface area (Å²) in [6, 6.07) is 9.29. The topological polar surface area (TPSA) is 58.4 Å². The zero-order valence-electron chi connectivity index (χ0n) is 12.6. The molecule has 0 bridgehead atoms. The number of amides is 2. The molecule has 2 atom stereocenters. The molecule has 0 spiro atoms. The fourth-order valence-corrected chi connectivity index (χ4v) is 3.42. The van der Waals surface area contributed by atoms with Crippen LogP contribution in [0.4, 0.5) is 10.5 Å². The second kappa shape index (κ2) is 6.27. The van der Waals surface area contributed by atoms with E-state index in [0.717, 1.165) is 12.1 Å². The van der Waals surface area contributed by atoms with Crippen LogP contribution in [0.15, 0.2) is 24.3 Å². The smallest absolute Gasteiger partial charge is 0.316 e. The summed E-state index contributed by atoms with van der Waals surface area (Å²) in [7, 11) is 0. The van der Waals surface area contributed by atoms with Gasteiger partial charge in [-0.3, -0.25) is 4.90 Å². The van der Waals surface area contributed by atoms with Gasteiger partial charge in [-0.2, -0.15) is 0 Å². The average Bonchev–Trinajstić information content (AvgIpc) is 2.70. The van der Waals surface area contributed by atoms with Crippen molar-refractivity contribution in [3.8, 4) is 0 Å². The number of likely N-dealkylation sites (tertiary alicyclic amines) is 1. The predicted octanol–water partition coefficient (Wildman–Crippen LogP) is 2.98. The molecule has 1 aliphatic rings. The normalized spacial score (nSPS) is 23.2. The van der Waals surface area contributed by atoms with E-state index in [4.69, 9.17) is 5.73 Å². The Morgan fingerprint density at radius 1 is 1.45 bits per heavy atom. The van der Waals surface area contributed by atoms with Gasteiger partial charge in [-0.15, -0.1) is 0 Å². The van der Waals surface area contributed by atoms with E-state index in [1.807, 2.05) is 18.2 Å². The zero-order chi connectivity index (χ0) is 14.7. The Morgan fingerprint density at radius 2 is 2.20 bits per heavy atom. The van der Waals surface area contributed by atoms with Crippen molar-refractivity contribution in [3.05, 3.63) is 29.8 Å². The van der Waals surface area contributed by atoms with Gasteiger partial charge in [-0.05, 0) is 57.7 Å². The lowest BCUT2D eigenvalue weighted by atomic mass is 10.0. The molecule has 110 valence electrons. The third-order valence-electron chi connectivity index (χ3n) is 4.11. The number of urea groups is 1. The Bertz CT molecular complexity index is 473. The Labute approximate surface area is 121 Å². The fourth-order valence-electron chi connectivity index (χ4n) is 3.42. The van der Waals surface area contributed by atoms with Gasteiger partial charge in [0.2, 0.25) is 0 Å². The standard InChI is InChI=1S/C16H25N3O/c1-11(2)19-12(3)7-8-15(19)10-13-5-4-6-14(9-13)18-16(17)20/h4-6,9,11-12,15H,7-8,10H2,1-3H3,(H3,17,18,20). The first kappa shape index (κ1) is 14.9. The molecule has 2 rings (SSSR count). The van der Waals surface area contributed by atoms with Gasteiger partial charge in [0, 0.05) is 23.8 Å². The first-order valence-corrected chi connectivity index (χ1v) is 7.40. The summed E-state index contributed by atoms with van der Waals surface area (Å²) >= 11 is 0. The van der Waals surface area contributed by atoms with Crippen molar-refractivity contribution in [2.24, 2.45) is 5.73 Å². The first-order valence-electron chi connectivity index (χ1n) is 7.40. The summed E-state index contributed by atoms with van der Waals surface area (Å²) < 4.78 is 0. The van der Waals surface area contributed by atoms with Gasteiger partial charge in [0.05, 0.1) is 0 Å². The molecule has 20 heavy (non-hydrogen) atoms. The average molecular weight is 275 g/mol. The number of carbonyl (C=O) groups is 1. The maximum atomic E-state index is 10.9. The molecule has 0 saturated carbocycles. The van der Waals surface area contributed by atoms with Crippen LogP contribution in [0.1, 0.15) is 39.2 Å². The Hall–Kier alpha value is -1.55. The van der Waals surface area contributed by atoms with Crippen molar-refractivity contribution in [2.45, 2.75) is 58.2 Å². The summed E-state index contributed by atoms with van der Waals surface area (Å²) in [5.74, 6) is 0. The summed E-state index contributed by atoms with van der Waals surface area (Å²) in [5.41, 5.74) is 7.19. The van der Waals surface area contributed by atoms with E-state index in [1.54, 1.807) is 0 Å². The number of rotatable bonds is 4. The van der Waals surface area contributed by atoms with Crippen molar-refractivity contribution in [1.29, 1.82) is 0 Å². The van der Waals surface area contributed by atoms with E-state index in [2.05, 4.69) is 37.1 Å². The highest BCUT2D eigenvalue weighted by atomic mass is 16.2. The monoisotopic (exact) mass is 275 g/mol. The van der Waals surface area contributed by atoms with Crippen LogP contribution >= 0.6 is 0 Å². The number of carbonyl (C=O) groups excluding carboxylic acids is 1. The molecule has 2 amide bonds. The summed E-state index contributed by atoms with van der Waals surface area (Å²) in [6.07, 6.45) is 3.53. The molecule has 1 aromatic rings. The number of benzene rings is 1. The molecule has 1 saturated heterocycles. The van der Waals surface area contributed by atoms with Gasteiger partial charge in [-0.1, -0.05) is 12.1 Å². The number of hydrogen-bond acceptors (Lipinski definition) is 2. The minimum atomic E-state index is -0.513. The van der Waals surface area contributed by atoms with E-state index in [9.17, 15) is 4.79 Å².